The molecule has 0 saturated heterocycles. The lowest BCUT2D eigenvalue weighted by Gasteiger charge is -2.28. The summed E-state index contributed by atoms with van der Waals surface area (Å²) in [5.74, 6) is 0.839. The Bertz CT molecular complexity index is 776. The molecule has 1 heterocycles. The van der Waals surface area contributed by atoms with E-state index in [-0.39, 0.29) is 5.75 Å². The van der Waals surface area contributed by atoms with Crippen LogP contribution in [0.2, 0.25) is 0 Å². The molecule has 0 aliphatic carbocycles. The van der Waals surface area contributed by atoms with Crippen molar-refractivity contribution >= 4 is 21.4 Å². The van der Waals surface area contributed by atoms with E-state index in [1.165, 1.54) is 0 Å². The maximum atomic E-state index is 12.3. The summed E-state index contributed by atoms with van der Waals surface area (Å²) >= 11 is 0. The molecular weight excluding hydrogens is 312 g/mol. The molecule has 1 N–H and O–H groups in total. The van der Waals surface area contributed by atoms with Crippen molar-refractivity contribution in [3.8, 4) is 5.75 Å². The van der Waals surface area contributed by atoms with E-state index in [1.54, 1.807) is 12.1 Å². The molecule has 5 nitrogen and oxygen atoms in total. The minimum Gasteiger partial charge on any atom is -0.490 e. The molecule has 23 heavy (non-hydrogen) atoms. The monoisotopic (exact) mass is 332 g/mol. The standard InChI is InChI=1S/C17H20N2O3S/c1-19-10-11-22-17-8-7-15(13-16(17)19)18-23(20,21)12-9-14-5-3-2-4-6-14/h2-8,13,18H,9-12H2,1H3. The number of ether oxygens (including phenoxy) is 1. The normalized spacial score (nSPS) is 14.0. The molecule has 0 spiro atoms. The molecule has 1 aliphatic rings. The second-order valence-corrected chi connectivity index (χ2v) is 7.45. The van der Waals surface area contributed by atoms with E-state index in [9.17, 15) is 8.42 Å². The quantitative estimate of drug-likeness (QED) is 0.914. The summed E-state index contributed by atoms with van der Waals surface area (Å²) in [6.45, 7) is 1.43. The van der Waals surface area contributed by atoms with Crippen LogP contribution in [0.25, 0.3) is 0 Å². The third-order valence-electron chi connectivity index (χ3n) is 3.83. The zero-order chi connectivity index (χ0) is 16.3. The van der Waals surface area contributed by atoms with Crippen molar-refractivity contribution in [2.24, 2.45) is 0 Å². The van der Waals surface area contributed by atoms with Gasteiger partial charge in [-0.3, -0.25) is 4.72 Å². The van der Waals surface area contributed by atoms with Gasteiger partial charge in [-0.25, -0.2) is 8.42 Å². The van der Waals surface area contributed by atoms with E-state index in [0.717, 1.165) is 23.5 Å². The van der Waals surface area contributed by atoms with Gasteiger partial charge < -0.3 is 9.64 Å². The lowest BCUT2D eigenvalue weighted by molar-refractivity contribution is 0.311. The van der Waals surface area contributed by atoms with Gasteiger partial charge in [-0.15, -0.1) is 0 Å². The molecule has 122 valence electrons. The first-order chi connectivity index (χ1) is 11.0. The van der Waals surface area contributed by atoms with Gasteiger partial charge in [0.05, 0.1) is 23.7 Å². The zero-order valence-corrected chi connectivity index (χ0v) is 13.8. The topological polar surface area (TPSA) is 58.6 Å². The number of nitrogens with one attached hydrogen (secondary N) is 1. The molecule has 0 unspecified atom stereocenters. The molecular formula is C17H20N2O3S. The first kappa shape index (κ1) is 15.7. The predicted octanol–water partition coefficient (Wildman–Crippen LogP) is 2.50. The molecule has 0 saturated carbocycles. The molecule has 1 aliphatic heterocycles. The highest BCUT2D eigenvalue weighted by atomic mass is 32.2. The van der Waals surface area contributed by atoms with Crippen molar-refractivity contribution in [3.05, 3.63) is 54.1 Å². The first-order valence-electron chi connectivity index (χ1n) is 7.56. The Labute approximate surface area is 136 Å². The van der Waals surface area contributed by atoms with E-state index in [4.69, 9.17) is 4.74 Å². The number of sulfonamides is 1. The van der Waals surface area contributed by atoms with Crippen molar-refractivity contribution in [3.63, 3.8) is 0 Å². The van der Waals surface area contributed by atoms with Crippen LogP contribution in [-0.4, -0.2) is 34.4 Å². The van der Waals surface area contributed by atoms with Crippen LogP contribution in [0.1, 0.15) is 5.56 Å². The number of anilines is 2. The van der Waals surface area contributed by atoms with Gasteiger partial charge in [0.15, 0.2) is 0 Å². The van der Waals surface area contributed by atoms with Crippen LogP contribution in [0.5, 0.6) is 5.75 Å². The predicted molar refractivity (Wildman–Crippen MR) is 92.8 cm³/mol. The van der Waals surface area contributed by atoms with E-state index < -0.39 is 10.0 Å². The van der Waals surface area contributed by atoms with Crippen LogP contribution in [0.15, 0.2) is 48.5 Å². The Morgan fingerprint density at radius 2 is 1.96 bits per heavy atom. The van der Waals surface area contributed by atoms with E-state index in [2.05, 4.69) is 9.62 Å². The van der Waals surface area contributed by atoms with Gasteiger partial charge >= 0.3 is 0 Å². The van der Waals surface area contributed by atoms with Gasteiger partial charge in [-0.05, 0) is 30.2 Å². The summed E-state index contributed by atoms with van der Waals surface area (Å²) < 4.78 is 32.7. The molecule has 0 radical (unpaired) electrons. The third kappa shape index (κ3) is 3.96. The number of fused-ring (bicyclic) bond motifs is 1. The molecule has 0 atom stereocenters. The number of hydrogen-bond acceptors (Lipinski definition) is 4. The summed E-state index contributed by atoms with van der Waals surface area (Å²) in [5.41, 5.74) is 2.48. The fraction of sp³-hybridized carbons (Fsp3) is 0.294. The smallest absolute Gasteiger partial charge is 0.233 e. The van der Waals surface area contributed by atoms with Gasteiger partial charge in [0.25, 0.3) is 0 Å². The van der Waals surface area contributed by atoms with Crippen LogP contribution < -0.4 is 14.4 Å². The van der Waals surface area contributed by atoms with Crippen molar-refractivity contribution < 1.29 is 13.2 Å². The minimum absolute atomic E-state index is 0.0560. The third-order valence-corrected chi connectivity index (χ3v) is 5.12. The Morgan fingerprint density at radius 1 is 1.17 bits per heavy atom. The van der Waals surface area contributed by atoms with Crippen molar-refractivity contribution in [2.45, 2.75) is 6.42 Å². The maximum absolute atomic E-state index is 12.3. The average Bonchev–Trinajstić information content (AvgIpc) is 2.55. The molecule has 0 aromatic heterocycles. The Morgan fingerprint density at radius 3 is 2.74 bits per heavy atom. The number of rotatable bonds is 5. The molecule has 2 aromatic carbocycles. The number of hydrogen-bond donors (Lipinski definition) is 1. The lowest BCUT2D eigenvalue weighted by Crippen LogP contribution is -2.29. The van der Waals surface area contributed by atoms with Crippen LogP contribution in [0.3, 0.4) is 0 Å². The van der Waals surface area contributed by atoms with Crippen molar-refractivity contribution in [1.82, 2.24) is 0 Å². The molecule has 6 heteroatoms. The summed E-state index contributed by atoms with van der Waals surface area (Å²) in [6, 6.07) is 15.0. The Balaban J connectivity index is 1.69. The average molecular weight is 332 g/mol. The van der Waals surface area contributed by atoms with Gasteiger partial charge in [0, 0.05) is 7.05 Å². The summed E-state index contributed by atoms with van der Waals surface area (Å²) in [6.07, 6.45) is 0.490. The highest BCUT2D eigenvalue weighted by molar-refractivity contribution is 7.92. The largest absolute Gasteiger partial charge is 0.490 e. The molecule has 3 rings (SSSR count). The van der Waals surface area contributed by atoms with E-state index in [0.29, 0.717) is 18.7 Å². The molecule has 0 bridgehead atoms. The molecule has 0 fully saturated rings. The SMILES string of the molecule is CN1CCOc2ccc(NS(=O)(=O)CCc3ccccc3)cc21. The fourth-order valence-electron chi connectivity index (χ4n) is 2.54. The van der Waals surface area contributed by atoms with Crippen LogP contribution in [0.4, 0.5) is 11.4 Å². The number of likely N-dealkylation sites (N-methyl/N-ethyl adjacent to an activating group) is 1. The van der Waals surface area contributed by atoms with Crippen LogP contribution in [0, 0.1) is 0 Å². The van der Waals surface area contributed by atoms with Gasteiger partial charge in [0.2, 0.25) is 10.0 Å². The van der Waals surface area contributed by atoms with Crippen molar-refractivity contribution in [1.29, 1.82) is 0 Å². The minimum atomic E-state index is -3.39. The highest BCUT2D eigenvalue weighted by Crippen LogP contribution is 2.33. The van der Waals surface area contributed by atoms with Gasteiger partial charge in [-0.2, -0.15) is 0 Å². The second-order valence-electron chi connectivity index (χ2n) is 5.61. The van der Waals surface area contributed by atoms with Crippen LogP contribution >= 0.6 is 0 Å². The molecule has 0 amide bonds. The highest BCUT2D eigenvalue weighted by Gasteiger charge is 2.17. The van der Waals surface area contributed by atoms with Crippen LogP contribution in [-0.2, 0) is 16.4 Å². The van der Waals surface area contributed by atoms with Gasteiger partial charge in [0.1, 0.15) is 12.4 Å². The fourth-order valence-corrected chi connectivity index (χ4v) is 3.63. The maximum Gasteiger partial charge on any atom is 0.233 e. The lowest BCUT2D eigenvalue weighted by atomic mass is 10.2. The van der Waals surface area contributed by atoms with Gasteiger partial charge in [-0.1, -0.05) is 30.3 Å². The Hall–Kier alpha value is -2.21. The summed E-state index contributed by atoms with van der Waals surface area (Å²) in [5, 5.41) is 0. The summed E-state index contributed by atoms with van der Waals surface area (Å²) in [4.78, 5) is 2.06. The zero-order valence-electron chi connectivity index (χ0n) is 13.0. The Kier molecular flexibility index (Phi) is 4.43. The van der Waals surface area contributed by atoms with E-state index in [1.807, 2.05) is 43.4 Å². The summed E-state index contributed by atoms with van der Waals surface area (Å²) in [7, 11) is -1.42. The number of nitrogens with zero attached hydrogens (tertiary/aromatic N) is 1. The van der Waals surface area contributed by atoms with Crippen molar-refractivity contribution in [2.75, 3.05) is 35.6 Å². The van der Waals surface area contributed by atoms with E-state index >= 15 is 0 Å². The second kappa shape index (κ2) is 6.50. The first-order valence-corrected chi connectivity index (χ1v) is 9.21. The number of aryl methyl sites for hydroxylation is 1. The molecule has 2 aromatic rings. The number of benzene rings is 2.